The zero-order chi connectivity index (χ0) is 11.8. The highest BCUT2D eigenvalue weighted by Gasteiger charge is 2.06. The summed E-state index contributed by atoms with van der Waals surface area (Å²) >= 11 is 7.70. The van der Waals surface area contributed by atoms with Crippen molar-refractivity contribution in [1.82, 2.24) is 0 Å². The van der Waals surface area contributed by atoms with Crippen LogP contribution in [0.3, 0.4) is 0 Å². The van der Waals surface area contributed by atoms with Crippen LogP contribution >= 0.6 is 23.4 Å². The first-order valence-electron chi connectivity index (χ1n) is 5.47. The Kier molecular flexibility index (Phi) is 6.69. The molecular formula is C12H18ClNOS. The number of rotatable bonds is 7. The second-order valence-corrected chi connectivity index (χ2v) is 5.35. The van der Waals surface area contributed by atoms with Crippen LogP contribution in [0.5, 0.6) is 0 Å². The van der Waals surface area contributed by atoms with E-state index in [9.17, 15) is 5.11 Å². The summed E-state index contributed by atoms with van der Waals surface area (Å²) in [5.74, 6) is 2.20. The van der Waals surface area contributed by atoms with Crippen LogP contribution in [0.25, 0.3) is 0 Å². The fourth-order valence-electron chi connectivity index (χ4n) is 1.36. The Morgan fingerprint density at radius 1 is 1.38 bits per heavy atom. The molecule has 2 nitrogen and oxygen atoms in total. The van der Waals surface area contributed by atoms with Crippen molar-refractivity contribution in [3.8, 4) is 0 Å². The second kappa shape index (κ2) is 7.82. The molecule has 0 aliphatic carbocycles. The van der Waals surface area contributed by atoms with Gasteiger partial charge in [-0.25, -0.2) is 0 Å². The van der Waals surface area contributed by atoms with E-state index in [0.29, 0.717) is 0 Å². The van der Waals surface area contributed by atoms with Crippen molar-refractivity contribution in [2.75, 3.05) is 23.4 Å². The van der Waals surface area contributed by atoms with E-state index in [4.69, 9.17) is 11.6 Å². The van der Waals surface area contributed by atoms with Gasteiger partial charge in [0.1, 0.15) is 0 Å². The Morgan fingerprint density at radius 3 is 2.62 bits per heavy atom. The summed E-state index contributed by atoms with van der Waals surface area (Å²) in [6.07, 6.45) is 0.970. The molecule has 0 radical (unpaired) electrons. The molecule has 1 rings (SSSR count). The number of aliphatic hydroxyl groups is 1. The van der Waals surface area contributed by atoms with Crippen molar-refractivity contribution >= 4 is 29.1 Å². The number of anilines is 1. The van der Waals surface area contributed by atoms with E-state index < -0.39 is 0 Å². The van der Waals surface area contributed by atoms with E-state index in [0.717, 1.165) is 28.6 Å². The van der Waals surface area contributed by atoms with Gasteiger partial charge >= 0.3 is 0 Å². The summed E-state index contributed by atoms with van der Waals surface area (Å²) in [7, 11) is 0. The zero-order valence-electron chi connectivity index (χ0n) is 9.45. The number of hydrogen-bond donors (Lipinski definition) is 2. The van der Waals surface area contributed by atoms with Crippen molar-refractivity contribution in [1.29, 1.82) is 0 Å². The normalized spacial score (nSPS) is 12.4. The highest BCUT2D eigenvalue weighted by molar-refractivity contribution is 7.99. The van der Waals surface area contributed by atoms with Crippen LogP contribution in [-0.4, -0.2) is 29.3 Å². The molecule has 0 spiro atoms. The molecule has 0 heterocycles. The second-order valence-electron chi connectivity index (χ2n) is 3.52. The van der Waals surface area contributed by atoms with Crippen LogP contribution < -0.4 is 5.32 Å². The predicted molar refractivity (Wildman–Crippen MR) is 73.6 cm³/mol. The molecule has 0 amide bonds. The van der Waals surface area contributed by atoms with E-state index in [1.165, 1.54) is 0 Å². The first-order chi connectivity index (χ1) is 7.76. The van der Waals surface area contributed by atoms with Gasteiger partial charge in [-0.2, -0.15) is 11.8 Å². The van der Waals surface area contributed by atoms with Gasteiger partial charge in [0.05, 0.1) is 6.61 Å². The molecular weight excluding hydrogens is 242 g/mol. The van der Waals surface area contributed by atoms with Gasteiger partial charge in [-0.05, 0) is 42.2 Å². The van der Waals surface area contributed by atoms with Gasteiger partial charge < -0.3 is 10.4 Å². The summed E-state index contributed by atoms with van der Waals surface area (Å²) in [5, 5.41) is 13.3. The van der Waals surface area contributed by atoms with Crippen molar-refractivity contribution in [2.24, 2.45) is 0 Å². The average molecular weight is 260 g/mol. The minimum Gasteiger partial charge on any atom is -0.394 e. The lowest BCUT2D eigenvalue weighted by Gasteiger charge is -2.17. The fraction of sp³-hybridized carbons (Fsp3) is 0.500. The van der Waals surface area contributed by atoms with Gasteiger partial charge in [0, 0.05) is 16.8 Å². The molecule has 16 heavy (non-hydrogen) atoms. The van der Waals surface area contributed by atoms with E-state index in [2.05, 4.69) is 12.2 Å². The highest BCUT2D eigenvalue weighted by Crippen LogP contribution is 2.15. The number of halogens is 1. The van der Waals surface area contributed by atoms with Gasteiger partial charge in [0.25, 0.3) is 0 Å². The first kappa shape index (κ1) is 13.7. The lowest BCUT2D eigenvalue weighted by molar-refractivity contribution is 0.272. The standard InChI is InChI=1S/C12H18ClNOS/c1-2-16-8-7-12(9-15)14-11-5-3-10(13)4-6-11/h3-6,12,14-15H,2,7-9H2,1H3. The molecule has 0 aromatic heterocycles. The molecule has 0 aliphatic rings. The van der Waals surface area contributed by atoms with Gasteiger partial charge in [0.2, 0.25) is 0 Å². The quantitative estimate of drug-likeness (QED) is 0.738. The summed E-state index contributed by atoms with van der Waals surface area (Å²) < 4.78 is 0. The molecule has 0 fully saturated rings. The maximum Gasteiger partial charge on any atom is 0.0633 e. The number of aliphatic hydroxyl groups excluding tert-OH is 1. The van der Waals surface area contributed by atoms with Crippen LogP contribution in [0.2, 0.25) is 5.02 Å². The van der Waals surface area contributed by atoms with Gasteiger partial charge in [-0.1, -0.05) is 18.5 Å². The summed E-state index contributed by atoms with van der Waals surface area (Å²) in [6.45, 7) is 2.30. The van der Waals surface area contributed by atoms with Crippen molar-refractivity contribution in [2.45, 2.75) is 19.4 Å². The molecule has 1 atom stereocenters. The Hall–Kier alpha value is -0.380. The Labute approximate surface area is 106 Å². The number of hydrogen-bond acceptors (Lipinski definition) is 3. The van der Waals surface area contributed by atoms with Crippen molar-refractivity contribution in [3.63, 3.8) is 0 Å². The smallest absolute Gasteiger partial charge is 0.0633 e. The van der Waals surface area contributed by atoms with E-state index in [-0.39, 0.29) is 12.6 Å². The Morgan fingerprint density at radius 2 is 2.06 bits per heavy atom. The summed E-state index contributed by atoms with van der Waals surface area (Å²) in [5.41, 5.74) is 1.00. The minimum absolute atomic E-state index is 0.125. The molecule has 0 bridgehead atoms. The SMILES string of the molecule is CCSCCC(CO)Nc1ccc(Cl)cc1. The molecule has 1 aromatic carbocycles. The molecule has 1 unspecified atom stereocenters. The zero-order valence-corrected chi connectivity index (χ0v) is 11.0. The molecule has 2 N–H and O–H groups in total. The molecule has 0 saturated carbocycles. The van der Waals surface area contributed by atoms with E-state index in [1.807, 2.05) is 36.0 Å². The van der Waals surface area contributed by atoms with Gasteiger partial charge in [0.15, 0.2) is 0 Å². The predicted octanol–water partition coefficient (Wildman–Crippen LogP) is 3.26. The monoisotopic (exact) mass is 259 g/mol. The maximum atomic E-state index is 9.24. The van der Waals surface area contributed by atoms with E-state index in [1.54, 1.807) is 0 Å². The number of nitrogens with one attached hydrogen (secondary N) is 1. The van der Waals surface area contributed by atoms with Crippen molar-refractivity contribution < 1.29 is 5.11 Å². The van der Waals surface area contributed by atoms with E-state index >= 15 is 0 Å². The third-order valence-corrected chi connectivity index (χ3v) is 3.43. The molecule has 0 aliphatic heterocycles. The molecule has 90 valence electrons. The molecule has 0 saturated heterocycles. The average Bonchev–Trinajstić information content (AvgIpc) is 2.31. The molecule has 1 aromatic rings. The lowest BCUT2D eigenvalue weighted by Crippen LogP contribution is -2.24. The maximum absolute atomic E-state index is 9.24. The summed E-state index contributed by atoms with van der Waals surface area (Å²) in [4.78, 5) is 0. The number of benzene rings is 1. The van der Waals surface area contributed by atoms with Gasteiger partial charge in [-0.3, -0.25) is 0 Å². The van der Waals surface area contributed by atoms with Crippen molar-refractivity contribution in [3.05, 3.63) is 29.3 Å². The number of thioether (sulfide) groups is 1. The van der Waals surface area contributed by atoms with Crippen LogP contribution in [0, 0.1) is 0 Å². The fourth-order valence-corrected chi connectivity index (χ4v) is 2.23. The van der Waals surface area contributed by atoms with Crippen LogP contribution in [-0.2, 0) is 0 Å². The Balaban J connectivity index is 2.40. The summed E-state index contributed by atoms with van der Waals surface area (Å²) in [6, 6.07) is 7.67. The van der Waals surface area contributed by atoms with Crippen LogP contribution in [0.4, 0.5) is 5.69 Å². The first-order valence-corrected chi connectivity index (χ1v) is 7.00. The third-order valence-electron chi connectivity index (χ3n) is 2.25. The van der Waals surface area contributed by atoms with Crippen LogP contribution in [0.1, 0.15) is 13.3 Å². The largest absolute Gasteiger partial charge is 0.394 e. The topological polar surface area (TPSA) is 32.3 Å². The highest BCUT2D eigenvalue weighted by atomic mass is 35.5. The third kappa shape index (κ3) is 5.10. The van der Waals surface area contributed by atoms with Crippen LogP contribution in [0.15, 0.2) is 24.3 Å². The minimum atomic E-state index is 0.125. The lowest BCUT2D eigenvalue weighted by atomic mass is 10.2. The Bertz CT molecular complexity index is 292. The molecule has 4 heteroatoms. The van der Waals surface area contributed by atoms with Gasteiger partial charge in [-0.15, -0.1) is 0 Å².